The summed E-state index contributed by atoms with van der Waals surface area (Å²) in [4.78, 5) is 22.2. The SMILES string of the molecule is CC(C)[C@H](N)C(=O)OCn1c(OC=O)cc2occc21. The molecule has 0 aliphatic rings. The zero-order chi connectivity index (χ0) is 14.7. The highest BCUT2D eigenvalue weighted by Gasteiger charge is 2.20. The molecule has 0 radical (unpaired) electrons. The normalized spacial score (nSPS) is 12.6. The summed E-state index contributed by atoms with van der Waals surface area (Å²) in [6.45, 7) is 3.85. The van der Waals surface area contributed by atoms with Crippen molar-refractivity contribution >= 4 is 23.5 Å². The van der Waals surface area contributed by atoms with E-state index in [1.807, 2.05) is 13.8 Å². The second kappa shape index (κ2) is 5.79. The van der Waals surface area contributed by atoms with Gasteiger partial charge in [-0.15, -0.1) is 0 Å². The maximum atomic E-state index is 11.7. The van der Waals surface area contributed by atoms with Crippen molar-refractivity contribution < 1.29 is 23.5 Å². The first-order chi connectivity index (χ1) is 9.54. The van der Waals surface area contributed by atoms with Crippen molar-refractivity contribution in [2.45, 2.75) is 26.6 Å². The van der Waals surface area contributed by atoms with Crippen LogP contribution in [-0.4, -0.2) is 23.1 Å². The minimum Gasteiger partial charge on any atom is -0.463 e. The number of nitrogens with two attached hydrogens (primary N) is 1. The Morgan fingerprint density at radius 2 is 2.30 bits per heavy atom. The lowest BCUT2D eigenvalue weighted by Crippen LogP contribution is -2.37. The Bertz CT molecular complexity index is 613. The first-order valence-electron chi connectivity index (χ1n) is 6.14. The van der Waals surface area contributed by atoms with Crippen LogP contribution in [0, 0.1) is 5.92 Å². The van der Waals surface area contributed by atoms with Gasteiger partial charge >= 0.3 is 5.97 Å². The van der Waals surface area contributed by atoms with Crippen LogP contribution in [-0.2, 0) is 21.1 Å². The number of hydrogen-bond donors (Lipinski definition) is 1. The molecule has 0 saturated heterocycles. The summed E-state index contributed by atoms with van der Waals surface area (Å²) in [6.07, 6.45) is 1.49. The van der Waals surface area contributed by atoms with Gasteiger partial charge in [-0.3, -0.25) is 14.2 Å². The van der Waals surface area contributed by atoms with Crippen molar-refractivity contribution in [3.05, 3.63) is 18.4 Å². The van der Waals surface area contributed by atoms with Gasteiger partial charge < -0.3 is 19.6 Å². The van der Waals surface area contributed by atoms with Crippen molar-refractivity contribution in [3.63, 3.8) is 0 Å². The largest absolute Gasteiger partial charge is 0.463 e. The molecular weight excluding hydrogens is 264 g/mol. The number of rotatable bonds is 6. The number of aromatic nitrogens is 1. The third-order valence-electron chi connectivity index (χ3n) is 2.98. The van der Waals surface area contributed by atoms with Crippen LogP contribution < -0.4 is 10.5 Å². The monoisotopic (exact) mass is 280 g/mol. The third-order valence-corrected chi connectivity index (χ3v) is 2.98. The molecule has 0 saturated carbocycles. The van der Waals surface area contributed by atoms with E-state index in [2.05, 4.69) is 0 Å². The molecule has 1 atom stereocenters. The Morgan fingerprint density at radius 1 is 1.55 bits per heavy atom. The van der Waals surface area contributed by atoms with E-state index in [0.29, 0.717) is 17.6 Å². The van der Waals surface area contributed by atoms with E-state index in [-0.39, 0.29) is 18.5 Å². The van der Waals surface area contributed by atoms with Gasteiger partial charge in [0, 0.05) is 12.1 Å². The maximum Gasteiger partial charge on any atom is 0.324 e. The summed E-state index contributed by atoms with van der Waals surface area (Å²) in [5.41, 5.74) is 6.89. The molecule has 2 heterocycles. The van der Waals surface area contributed by atoms with Crippen LogP contribution >= 0.6 is 0 Å². The summed E-state index contributed by atoms with van der Waals surface area (Å²) in [6, 6.07) is 2.53. The predicted molar refractivity (Wildman–Crippen MR) is 69.8 cm³/mol. The molecule has 0 amide bonds. The van der Waals surface area contributed by atoms with E-state index in [0.717, 1.165) is 0 Å². The predicted octanol–water partition coefficient (Wildman–Crippen LogP) is 1.25. The minimum atomic E-state index is -0.694. The highest BCUT2D eigenvalue weighted by molar-refractivity contribution is 5.78. The van der Waals surface area contributed by atoms with Crippen molar-refractivity contribution in [2.75, 3.05) is 0 Å². The van der Waals surface area contributed by atoms with E-state index in [9.17, 15) is 9.59 Å². The highest BCUT2D eigenvalue weighted by Crippen LogP contribution is 2.26. The van der Waals surface area contributed by atoms with Gasteiger partial charge in [-0.2, -0.15) is 0 Å². The van der Waals surface area contributed by atoms with E-state index < -0.39 is 12.0 Å². The fraction of sp³-hybridized carbons (Fsp3) is 0.385. The van der Waals surface area contributed by atoms with Crippen molar-refractivity contribution in [1.29, 1.82) is 0 Å². The van der Waals surface area contributed by atoms with Crippen molar-refractivity contribution in [2.24, 2.45) is 11.7 Å². The lowest BCUT2D eigenvalue weighted by molar-refractivity contribution is -0.150. The molecule has 0 unspecified atom stereocenters. The smallest absolute Gasteiger partial charge is 0.324 e. The van der Waals surface area contributed by atoms with E-state index in [1.165, 1.54) is 10.8 Å². The molecule has 0 fully saturated rings. The van der Waals surface area contributed by atoms with Crippen LogP contribution in [0.15, 0.2) is 22.8 Å². The number of carbonyl (C=O) groups is 2. The maximum absolute atomic E-state index is 11.7. The molecule has 2 N–H and O–H groups in total. The molecule has 2 aromatic heterocycles. The number of carbonyl (C=O) groups excluding carboxylic acids is 2. The standard InChI is InChI=1S/C13H16N2O5/c1-8(2)12(14)13(17)19-6-15-9-3-4-18-10(9)5-11(15)20-7-16/h3-5,7-8,12H,6,14H2,1-2H3/t12-/m0/s1. The Balaban J connectivity index is 2.15. The topological polar surface area (TPSA) is 96.7 Å². The van der Waals surface area contributed by atoms with E-state index in [4.69, 9.17) is 19.6 Å². The number of fused-ring (bicyclic) bond motifs is 1. The fourth-order valence-corrected chi connectivity index (χ4v) is 1.73. The van der Waals surface area contributed by atoms with Crippen LogP contribution in [0.3, 0.4) is 0 Å². The fourth-order valence-electron chi connectivity index (χ4n) is 1.73. The quantitative estimate of drug-likeness (QED) is 0.632. The van der Waals surface area contributed by atoms with Crippen LogP contribution in [0.4, 0.5) is 0 Å². The van der Waals surface area contributed by atoms with Crippen LogP contribution in [0.2, 0.25) is 0 Å². The summed E-state index contributed by atoms with van der Waals surface area (Å²) >= 11 is 0. The molecule has 20 heavy (non-hydrogen) atoms. The minimum absolute atomic E-state index is 0.0215. The Morgan fingerprint density at radius 3 is 2.95 bits per heavy atom. The van der Waals surface area contributed by atoms with Gasteiger partial charge in [0.15, 0.2) is 12.3 Å². The molecule has 0 aliphatic carbocycles. The van der Waals surface area contributed by atoms with Crippen LogP contribution in [0.1, 0.15) is 13.8 Å². The van der Waals surface area contributed by atoms with Crippen LogP contribution in [0.5, 0.6) is 5.88 Å². The number of nitrogens with zero attached hydrogens (tertiary/aromatic N) is 1. The molecule has 0 aromatic carbocycles. The average Bonchev–Trinajstić information content (AvgIpc) is 2.96. The summed E-state index contributed by atoms with van der Waals surface area (Å²) in [5, 5.41) is 0. The number of hydrogen-bond acceptors (Lipinski definition) is 6. The van der Waals surface area contributed by atoms with Crippen LogP contribution in [0.25, 0.3) is 11.1 Å². The summed E-state index contributed by atoms with van der Waals surface area (Å²) in [7, 11) is 0. The number of ether oxygens (including phenoxy) is 2. The van der Waals surface area contributed by atoms with Gasteiger partial charge in [0.2, 0.25) is 5.88 Å². The third kappa shape index (κ3) is 2.67. The Kier molecular flexibility index (Phi) is 4.09. The second-order valence-electron chi connectivity index (χ2n) is 4.66. The Labute approximate surface area is 115 Å². The highest BCUT2D eigenvalue weighted by atomic mass is 16.6. The van der Waals surface area contributed by atoms with Gasteiger partial charge in [-0.1, -0.05) is 13.8 Å². The first kappa shape index (κ1) is 14.1. The number of furan rings is 1. The summed E-state index contributed by atoms with van der Waals surface area (Å²) in [5.74, 6) is -0.297. The zero-order valence-electron chi connectivity index (χ0n) is 11.2. The van der Waals surface area contributed by atoms with Crippen molar-refractivity contribution in [3.8, 4) is 5.88 Å². The molecule has 0 bridgehead atoms. The molecule has 7 heteroatoms. The molecule has 0 aliphatic heterocycles. The van der Waals surface area contributed by atoms with Gasteiger partial charge in [-0.25, -0.2) is 0 Å². The molecule has 0 spiro atoms. The Hall–Kier alpha value is -2.28. The molecule has 2 aromatic rings. The van der Waals surface area contributed by atoms with E-state index in [1.54, 1.807) is 12.1 Å². The lowest BCUT2D eigenvalue weighted by atomic mass is 10.1. The molecular formula is C13H16N2O5. The van der Waals surface area contributed by atoms with Crippen molar-refractivity contribution in [1.82, 2.24) is 4.57 Å². The van der Waals surface area contributed by atoms with Gasteiger partial charge in [0.05, 0.1) is 11.8 Å². The number of esters is 1. The lowest BCUT2D eigenvalue weighted by Gasteiger charge is -2.15. The molecule has 108 valence electrons. The zero-order valence-corrected chi connectivity index (χ0v) is 11.2. The van der Waals surface area contributed by atoms with Gasteiger partial charge in [0.25, 0.3) is 6.47 Å². The van der Waals surface area contributed by atoms with Gasteiger partial charge in [0.1, 0.15) is 6.04 Å². The average molecular weight is 280 g/mol. The second-order valence-corrected chi connectivity index (χ2v) is 4.66. The molecule has 7 nitrogen and oxygen atoms in total. The first-order valence-corrected chi connectivity index (χ1v) is 6.14. The van der Waals surface area contributed by atoms with E-state index >= 15 is 0 Å². The summed E-state index contributed by atoms with van der Waals surface area (Å²) < 4.78 is 16.7. The molecule has 2 rings (SSSR count). The van der Waals surface area contributed by atoms with Gasteiger partial charge in [-0.05, 0) is 5.92 Å².